The lowest BCUT2D eigenvalue weighted by atomic mass is 10.1. The quantitative estimate of drug-likeness (QED) is 0.851. The molecule has 0 aliphatic rings. The zero-order valence-corrected chi connectivity index (χ0v) is 13.0. The van der Waals surface area contributed by atoms with Gasteiger partial charge in [-0.25, -0.2) is 0 Å². The molecular formula is C16H15BrN2O. The van der Waals surface area contributed by atoms with Crippen molar-refractivity contribution >= 4 is 21.6 Å². The maximum absolute atomic E-state index is 9.21. The molecule has 0 unspecified atom stereocenters. The van der Waals surface area contributed by atoms with Crippen LogP contribution in [-0.4, -0.2) is 14.2 Å². The molecule has 4 heteroatoms. The lowest BCUT2D eigenvalue weighted by Crippen LogP contribution is -2.17. The standard InChI is InChI=1S/C16H15BrN2O/c1-19(11-12-3-6-14(17)7-4-12)16-9-15(20-2)8-5-13(16)10-18/h3-9H,11H2,1-2H3. The van der Waals surface area contributed by atoms with Crippen LogP contribution in [0.2, 0.25) is 0 Å². The number of nitrogens with zero attached hydrogens (tertiary/aromatic N) is 2. The van der Waals surface area contributed by atoms with Gasteiger partial charge in [0.05, 0.1) is 18.4 Å². The van der Waals surface area contributed by atoms with E-state index in [2.05, 4.69) is 34.1 Å². The number of hydrogen-bond donors (Lipinski definition) is 0. The third-order valence-corrected chi connectivity index (χ3v) is 3.60. The van der Waals surface area contributed by atoms with Crippen LogP contribution in [0, 0.1) is 11.3 Å². The molecule has 20 heavy (non-hydrogen) atoms. The zero-order chi connectivity index (χ0) is 14.5. The molecule has 2 aromatic carbocycles. The Morgan fingerprint density at radius 1 is 1.20 bits per heavy atom. The van der Waals surface area contributed by atoms with Crippen LogP contribution in [-0.2, 0) is 6.54 Å². The molecule has 2 aromatic rings. The molecule has 0 atom stereocenters. The summed E-state index contributed by atoms with van der Waals surface area (Å²) in [7, 11) is 3.59. The Balaban J connectivity index is 2.26. The number of nitriles is 1. The molecule has 0 radical (unpaired) electrons. The first-order valence-electron chi connectivity index (χ1n) is 6.17. The van der Waals surface area contributed by atoms with Crippen molar-refractivity contribution in [1.29, 1.82) is 5.26 Å². The fourth-order valence-corrected chi connectivity index (χ4v) is 2.26. The number of methoxy groups -OCH3 is 1. The summed E-state index contributed by atoms with van der Waals surface area (Å²) >= 11 is 3.43. The van der Waals surface area contributed by atoms with Crippen molar-refractivity contribution in [2.45, 2.75) is 6.54 Å². The number of hydrogen-bond acceptors (Lipinski definition) is 3. The van der Waals surface area contributed by atoms with Crippen molar-refractivity contribution in [3.63, 3.8) is 0 Å². The minimum atomic E-state index is 0.644. The number of halogens is 1. The second-order valence-electron chi connectivity index (χ2n) is 4.48. The van der Waals surface area contributed by atoms with Gasteiger partial charge in [-0.3, -0.25) is 0 Å². The largest absolute Gasteiger partial charge is 0.497 e. The van der Waals surface area contributed by atoms with Crippen LogP contribution in [0.1, 0.15) is 11.1 Å². The second-order valence-corrected chi connectivity index (χ2v) is 5.39. The highest BCUT2D eigenvalue weighted by atomic mass is 79.9. The predicted octanol–water partition coefficient (Wildman–Crippen LogP) is 3.97. The minimum Gasteiger partial charge on any atom is -0.497 e. The van der Waals surface area contributed by atoms with Crippen molar-refractivity contribution < 1.29 is 4.74 Å². The number of rotatable bonds is 4. The number of benzene rings is 2. The Labute approximate surface area is 127 Å². The van der Waals surface area contributed by atoms with Crippen molar-refractivity contribution in [3.8, 4) is 11.8 Å². The maximum atomic E-state index is 9.21. The van der Waals surface area contributed by atoms with E-state index >= 15 is 0 Å². The number of anilines is 1. The van der Waals surface area contributed by atoms with Crippen LogP contribution in [0.5, 0.6) is 5.75 Å². The first-order chi connectivity index (χ1) is 9.63. The van der Waals surface area contributed by atoms with E-state index in [0.717, 1.165) is 22.5 Å². The predicted molar refractivity (Wildman–Crippen MR) is 84.0 cm³/mol. The maximum Gasteiger partial charge on any atom is 0.121 e. The fraction of sp³-hybridized carbons (Fsp3) is 0.188. The van der Waals surface area contributed by atoms with Crippen molar-refractivity contribution in [2.24, 2.45) is 0 Å². The monoisotopic (exact) mass is 330 g/mol. The Morgan fingerprint density at radius 2 is 1.90 bits per heavy atom. The van der Waals surface area contributed by atoms with Crippen LogP contribution >= 0.6 is 15.9 Å². The molecule has 3 nitrogen and oxygen atoms in total. The lowest BCUT2D eigenvalue weighted by Gasteiger charge is -2.21. The van der Waals surface area contributed by atoms with Gasteiger partial charge >= 0.3 is 0 Å². The molecule has 0 spiro atoms. The summed E-state index contributed by atoms with van der Waals surface area (Å²) in [5.41, 5.74) is 2.70. The van der Waals surface area contributed by atoms with Crippen molar-refractivity contribution in [1.82, 2.24) is 0 Å². The smallest absolute Gasteiger partial charge is 0.121 e. The van der Waals surface area contributed by atoms with Gasteiger partial charge in [0.1, 0.15) is 11.8 Å². The molecule has 0 aromatic heterocycles. The molecule has 0 fully saturated rings. The summed E-state index contributed by atoms with van der Waals surface area (Å²) in [5.74, 6) is 0.752. The topological polar surface area (TPSA) is 36.3 Å². The second kappa shape index (κ2) is 6.44. The van der Waals surface area contributed by atoms with E-state index in [0.29, 0.717) is 5.56 Å². The van der Waals surface area contributed by atoms with E-state index in [1.54, 1.807) is 19.2 Å². The van der Waals surface area contributed by atoms with E-state index in [-0.39, 0.29) is 0 Å². The first kappa shape index (κ1) is 14.4. The third kappa shape index (κ3) is 3.31. The van der Waals surface area contributed by atoms with Gasteiger partial charge in [-0.2, -0.15) is 5.26 Å². The molecule has 0 bridgehead atoms. The minimum absolute atomic E-state index is 0.644. The molecule has 0 N–H and O–H groups in total. The average molecular weight is 331 g/mol. The van der Waals surface area contributed by atoms with Gasteiger partial charge in [0, 0.05) is 24.1 Å². The Bertz CT molecular complexity index is 632. The molecule has 0 aliphatic heterocycles. The Hall–Kier alpha value is -1.99. The van der Waals surface area contributed by atoms with Crippen LogP contribution in [0.4, 0.5) is 5.69 Å². The lowest BCUT2D eigenvalue weighted by molar-refractivity contribution is 0.415. The van der Waals surface area contributed by atoms with E-state index in [9.17, 15) is 5.26 Å². The van der Waals surface area contributed by atoms with Crippen molar-refractivity contribution in [3.05, 3.63) is 58.1 Å². The summed E-state index contributed by atoms with van der Waals surface area (Å²) in [5, 5.41) is 9.21. The van der Waals surface area contributed by atoms with Gasteiger partial charge < -0.3 is 9.64 Å². The molecule has 0 saturated heterocycles. The van der Waals surface area contributed by atoms with E-state index in [1.807, 2.05) is 30.1 Å². The molecule has 102 valence electrons. The SMILES string of the molecule is COc1ccc(C#N)c(N(C)Cc2ccc(Br)cc2)c1. The van der Waals surface area contributed by atoms with Gasteiger partial charge in [0.15, 0.2) is 0 Å². The molecule has 0 aliphatic carbocycles. The van der Waals surface area contributed by atoms with E-state index in [1.165, 1.54) is 5.56 Å². The van der Waals surface area contributed by atoms with Gasteiger partial charge in [-0.1, -0.05) is 28.1 Å². The molecular weight excluding hydrogens is 316 g/mol. The van der Waals surface area contributed by atoms with Gasteiger partial charge in [-0.15, -0.1) is 0 Å². The Kier molecular flexibility index (Phi) is 4.65. The van der Waals surface area contributed by atoms with Gasteiger partial charge in [-0.05, 0) is 29.8 Å². The fourth-order valence-electron chi connectivity index (χ4n) is 2.00. The van der Waals surface area contributed by atoms with Crippen molar-refractivity contribution in [2.75, 3.05) is 19.1 Å². The van der Waals surface area contributed by atoms with Gasteiger partial charge in [0.25, 0.3) is 0 Å². The van der Waals surface area contributed by atoms with Crippen LogP contribution < -0.4 is 9.64 Å². The van der Waals surface area contributed by atoms with E-state index in [4.69, 9.17) is 4.74 Å². The molecule has 0 saturated carbocycles. The zero-order valence-electron chi connectivity index (χ0n) is 11.4. The molecule has 0 heterocycles. The molecule has 2 rings (SSSR count). The highest BCUT2D eigenvalue weighted by Crippen LogP contribution is 2.26. The average Bonchev–Trinajstić information content (AvgIpc) is 2.48. The molecule has 0 amide bonds. The normalized spacial score (nSPS) is 9.90. The summed E-state index contributed by atoms with van der Waals surface area (Å²) in [4.78, 5) is 2.05. The van der Waals surface area contributed by atoms with Gasteiger partial charge in [0.2, 0.25) is 0 Å². The van der Waals surface area contributed by atoms with Crippen LogP contribution in [0.15, 0.2) is 46.9 Å². The van der Waals surface area contributed by atoms with E-state index < -0.39 is 0 Å². The van der Waals surface area contributed by atoms with Crippen LogP contribution in [0.3, 0.4) is 0 Å². The summed E-state index contributed by atoms with van der Waals surface area (Å²) in [6.45, 7) is 0.731. The summed E-state index contributed by atoms with van der Waals surface area (Å²) < 4.78 is 6.29. The number of ether oxygens (including phenoxy) is 1. The summed E-state index contributed by atoms with van der Waals surface area (Å²) in [6, 6.07) is 15.8. The summed E-state index contributed by atoms with van der Waals surface area (Å²) in [6.07, 6.45) is 0. The highest BCUT2D eigenvalue weighted by Gasteiger charge is 2.09. The third-order valence-electron chi connectivity index (χ3n) is 3.07. The highest BCUT2D eigenvalue weighted by molar-refractivity contribution is 9.10. The Morgan fingerprint density at radius 3 is 2.50 bits per heavy atom. The first-order valence-corrected chi connectivity index (χ1v) is 6.97. The van der Waals surface area contributed by atoms with Crippen LogP contribution in [0.25, 0.3) is 0 Å².